The number of benzene rings is 1. The number of hydrogen-bond donors (Lipinski definition) is 0. The zero-order chi connectivity index (χ0) is 16.1. The Kier molecular flexibility index (Phi) is 5.81. The molecule has 1 aromatic rings. The van der Waals surface area contributed by atoms with Crippen LogP contribution in [0.2, 0.25) is 18.1 Å². The lowest BCUT2D eigenvalue weighted by Crippen LogP contribution is -2.43. The van der Waals surface area contributed by atoms with Gasteiger partial charge in [0, 0.05) is 0 Å². The minimum atomic E-state index is -2.10. The molecule has 0 aliphatic heterocycles. The predicted octanol–water partition coefficient (Wildman–Crippen LogP) is 4.07. The molecule has 4 heteroatoms. The molecule has 0 unspecified atom stereocenters. The van der Waals surface area contributed by atoms with Gasteiger partial charge in [0.25, 0.3) is 0 Å². The molecule has 1 aromatic carbocycles. The molecule has 21 heavy (non-hydrogen) atoms. The van der Waals surface area contributed by atoms with Crippen molar-refractivity contribution in [2.45, 2.75) is 45.0 Å². The van der Waals surface area contributed by atoms with Gasteiger partial charge in [-0.25, -0.2) is 0 Å². The van der Waals surface area contributed by atoms with Crippen LogP contribution in [-0.2, 0) is 14.0 Å². The van der Waals surface area contributed by atoms with Crippen LogP contribution in [0.15, 0.2) is 42.5 Å². The third-order valence-corrected chi connectivity index (χ3v) is 8.36. The predicted molar refractivity (Wildman–Crippen MR) is 87.7 cm³/mol. The number of ketones is 1. The molecular formula is C17H24O3Si. The lowest BCUT2D eigenvalue weighted by molar-refractivity contribution is -0.122. The van der Waals surface area contributed by atoms with Gasteiger partial charge in [0.15, 0.2) is 14.1 Å². The van der Waals surface area contributed by atoms with E-state index in [1.165, 1.54) is 12.2 Å². The van der Waals surface area contributed by atoms with E-state index in [2.05, 4.69) is 33.9 Å². The fraction of sp³-hybridized carbons (Fsp3) is 0.412. The fourth-order valence-electron chi connectivity index (χ4n) is 1.61. The highest BCUT2D eigenvalue weighted by atomic mass is 28.4. The molecular weight excluding hydrogens is 280 g/mol. The molecule has 0 bridgehead atoms. The SMILES string of the molecule is CC(C)(C)[Si](C)(C)O[C@@H](C(=O)/C=C/C=O)c1ccccc1. The van der Waals surface area contributed by atoms with Crippen LogP contribution in [0.1, 0.15) is 32.4 Å². The molecule has 0 aromatic heterocycles. The van der Waals surface area contributed by atoms with E-state index in [0.717, 1.165) is 5.56 Å². The topological polar surface area (TPSA) is 43.4 Å². The number of carbonyl (C=O) groups excluding carboxylic acids is 2. The lowest BCUT2D eigenvalue weighted by atomic mass is 10.1. The normalized spacial score (nSPS) is 14.1. The molecule has 0 saturated heterocycles. The molecule has 0 aliphatic rings. The van der Waals surface area contributed by atoms with Gasteiger partial charge in [0.2, 0.25) is 0 Å². The summed E-state index contributed by atoms with van der Waals surface area (Å²) in [7, 11) is -2.10. The quantitative estimate of drug-likeness (QED) is 0.452. The summed E-state index contributed by atoms with van der Waals surface area (Å²) in [4.78, 5) is 22.8. The van der Waals surface area contributed by atoms with Crippen LogP contribution < -0.4 is 0 Å². The number of aldehydes is 1. The first kappa shape index (κ1) is 17.5. The highest BCUT2D eigenvalue weighted by Gasteiger charge is 2.40. The highest BCUT2D eigenvalue weighted by molar-refractivity contribution is 6.74. The first-order valence-electron chi connectivity index (χ1n) is 7.07. The minimum absolute atomic E-state index is 0.00861. The number of carbonyl (C=O) groups is 2. The van der Waals surface area contributed by atoms with Crippen molar-refractivity contribution in [1.29, 1.82) is 0 Å². The van der Waals surface area contributed by atoms with Gasteiger partial charge >= 0.3 is 0 Å². The van der Waals surface area contributed by atoms with Crippen LogP contribution in [0, 0.1) is 0 Å². The van der Waals surface area contributed by atoms with E-state index in [1.807, 2.05) is 30.3 Å². The summed E-state index contributed by atoms with van der Waals surface area (Å²) in [6.45, 7) is 10.6. The molecule has 3 nitrogen and oxygen atoms in total. The molecule has 0 fully saturated rings. The number of allylic oxidation sites excluding steroid dienone is 1. The molecule has 0 amide bonds. The molecule has 0 aliphatic carbocycles. The first-order chi connectivity index (χ1) is 9.69. The summed E-state index contributed by atoms with van der Waals surface area (Å²) in [5.41, 5.74) is 0.822. The molecule has 0 N–H and O–H groups in total. The molecule has 1 atom stereocenters. The lowest BCUT2D eigenvalue weighted by Gasteiger charge is -2.38. The van der Waals surface area contributed by atoms with Crippen LogP contribution in [0.25, 0.3) is 0 Å². The first-order valence-corrected chi connectivity index (χ1v) is 9.98. The smallest absolute Gasteiger partial charge is 0.193 e. The number of hydrogen-bond acceptors (Lipinski definition) is 3. The van der Waals surface area contributed by atoms with Gasteiger partial charge in [-0.1, -0.05) is 51.1 Å². The second-order valence-electron chi connectivity index (χ2n) is 6.57. The van der Waals surface area contributed by atoms with Crippen molar-refractivity contribution in [3.05, 3.63) is 48.0 Å². The summed E-state index contributed by atoms with van der Waals surface area (Å²) >= 11 is 0. The summed E-state index contributed by atoms with van der Waals surface area (Å²) < 4.78 is 6.27. The van der Waals surface area contributed by atoms with Crippen LogP contribution in [0.5, 0.6) is 0 Å². The fourth-order valence-corrected chi connectivity index (χ4v) is 2.81. The number of rotatable bonds is 6. The van der Waals surface area contributed by atoms with Gasteiger partial charge in [0.05, 0.1) is 0 Å². The Morgan fingerprint density at radius 2 is 1.76 bits per heavy atom. The Bertz CT molecular complexity index is 513. The van der Waals surface area contributed by atoms with Crippen LogP contribution in [0.4, 0.5) is 0 Å². The maximum Gasteiger partial charge on any atom is 0.193 e. The second kappa shape index (κ2) is 6.96. The van der Waals surface area contributed by atoms with Crippen molar-refractivity contribution in [2.24, 2.45) is 0 Å². The van der Waals surface area contributed by atoms with E-state index in [1.54, 1.807) is 0 Å². The summed E-state index contributed by atoms with van der Waals surface area (Å²) in [5, 5.41) is 0.00861. The average molecular weight is 304 g/mol. The van der Waals surface area contributed by atoms with Gasteiger partial charge in [-0.3, -0.25) is 9.59 Å². The van der Waals surface area contributed by atoms with Crippen molar-refractivity contribution in [1.82, 2.24) is 0 Å². The van der Waals surface area contributed by atoms with Crippen molar-refractivity contribution in [3.8, 4) is 0 Å². The van der Waals surface area contributed by atoms with Crippen molar-refractivity contribution in [2.75, 3.05) is 0 Å². The summed E-state index contributed by atoms with van der Waals surface area (Å²) in [6.07, 6.45) is 2.46. The largest absolute Gasteiger partial charge is 0.403 e. The molecule has 0 radical (unpaired) electrons. The molecule has 0 heterocycles. The second-order valence-corrected chi connectivity index (χ2v) is 11.3. The average Bonchev–Trinajstić information content (AvgIpc) is 2.42. The Labute approximate surface area is 128 Å². The molecule has 114 valence electrons. The van der Waals surface area contributed by atoms with Crippen LogP contribution >= 0.6 is 0 Å². The Hall–Kier alpha value is -1.52. The van der Waals surface area contributed by atoms with E-state index < -0.39 is 14.4 Å². The van der Waals surface area contributed by atoms with E-state index in [4.69, 9.17) is 4.43 Å². The van der Waals surface area contributed by atoms with Crippen LogP contribution in [0.3, 0.4) is 0 Å². The Morgan fingerprint density at radius 3 is 2.24 bits per heavy atom. The van der Waals surface area contributed by atoms with Gasteiger partial charge < -0.3 is 4.43 Å². The zero-order valence-corrected chi connectivity index (χ0v) is 14.4. The summed E-state index contributed by atoms with van der Waals surface area (Å²) in [5.74, 6) is -0.196. The molecule has 0 saturated carbocycles. The third kappa shape index (κ3) is 4.76. The van der Waals surface area contributed by atoms with Crippen molar-refractivity contribution < 1.29 is 14.0 Å². The third-order valence-electron chi connectivity index (χ3n) is 3.92. The van der Waals surface area contributed by atoms with E-state index in [9.17, 15) is 9.59 Å². The van der Waals surface area contributed by atoms with Crippen LogP contribution in [-0.4, -0.2) is 20.4 Å². The Morgan fingerprint density at radius 1 is 1.19 bits per heavy atom. The minimum Gasteiger partial charge on any atom is -0.403 e. The van der Waals surface area contributed by atoms with Gasteiger partial charge in [-0.05, 0) is 35.8 Å². The zero-order valence-electron chi connectivity index (χ0n) is 13.4. The Balaban J connectivity index is 3.12. The van der Waals surface area contributed by atoms with E-state index in [-0.39, 0.29) is 10.8 Å². The highest BCUT2D eigenvalue weighted by Crippen LogP contribution is 2.40. The standard InChI is InChI=1S/C17H24O3Si/c1-17(2,3)21(4,5)20-16(15(19)12-9-13-18)14-10-7-6-8-11-14/h6-13,16H,1-5H3/b12-9+/t16-/m1/s1. The van der Waals surface area contributed by atoms with Crippen molar-refractivity contribution in [3.63, 3.8) is 0 Å². The summed E-state index contributed by atoms with van der Waals surface area (Å²) in [6, 6.07) is 9.43. The van der Waals surface area contributed by atoms with E-state index >= 15 is 0 Å². The van der Waals surface area contributed by atoms with Gasteiger partial charge in [-0.2, -0.15) is 0 Å². The van der Waals surface area contributed by atoms with E-state index in [0.29, 0.717) is 6.29 Å². The van der Waals surface area contributed by atoms with Crippen molar-refractivity contribution >= 4 is 20.4 Å². The monoisotopic (exact) mass is 304 g/mol. The molecule has 1 rings (SSSR count). The van der Waals surface area contributed by atoms with Gasteiger partial charge in [0.1, 0.15) is 12.4 Å². The maximum atomic E-state index is 12.4. The van der Waals surface area contributed by atoms with Gasteiger partial charge in [-0.15, -0.1) is 0 Å². The molecule has 0 spiro atoms. The maximum absolute atomic E-state index is 12.4.